The van der Waals surface area contributed by atoms with Crippen LogP contribution < -0.4 is 5.32 Å². The highest BCUT2D eigenvalue weighted by Gasteiger charge is 2.28. The molecule has 2 heterocycles. The molecule has 2 aliphatic rings. The third-order valence-corrected chi connectivity index (χ3v) is 7.50. The topological polar surface area (TPSA) is 52.7 Å². The fourth-order valence-electron chi connectivity index (χ4n) is 2.51. The Balaban J connectivity index is 1.68. The highest BCUT2D eigenvalue weighted by molar-refractivity contribution is 7.91. The van der Waals surface area contributed by atoms with E-state index in [0.29, 0.717) is 23.3 Å². The average Bonchev–Trinajstić information content (AvgIpc) is 3.20. The number of hydrogen-bond donors (Lipinski definition) is 1. The SMILES string of the molecule is CN1CCCN(S(=O)(=O)c2ccc(CNC3CC3)s2)CC1. The molecule has 0 spiro atoms. The van der Waals surface area contributed by atoms with E-state index in [2.05, 4.69) is 10.2 Å². The van der Waals surface area contributed by atoms with Gasteiger partial charge in [-0.25, -0.2) is 8.42 Å². The van der Waals surface area contributed by atoms with Crippen LogP contribution in [0.25, 0.3) is 0 Å². The van der Waals surface area contributed by atoms with E-state index in [1.165, 1.54) is 24.2 Å². The van der Waals surface area contributed by atoms with E-state index in [-0.39, 0.29) is 0 Å². The van der Waals surface area contributed by atoms with Crippen LogP contribution >= 0.6 is 11.3 Å². The maximum absolute atomic E-state index is 12.7. The zero-order valence-electron chi connectivity index (χ0n) is 12.4. The molecule has 0 amide bonds. The first-order valence-electron chi connectivity index (χ1n) is 7.56. The Morgan fingerprint density at radius 3 is 2.81 bits per heavy atom. The van der Waals surface area contributed by atoms with Crippen LogP contribution in [-0.4, -0.2) is 56.9 Å². The Morgan fingerprint density at radius 1 is 1.24 bits per heavy atom. The summed E-state index contributed by atoms with van der Waals surface area (Å²) in [5.74, 6) is 0. The second kappa shape index (κ2) is 6.34. The van der Waals surface area contributed by atoms with Crippen LogP contribution in [0.4, 0.5) is 0 Å². The van der Waals surface area contributed by atoms with Crippen LogP contribution in [0.2, 0.25) is 0 Å². The fourth-order valence-corrected chi connectivity index (χ4v) is 5.45. The first-order chi connectivity index (χ1) is 10.1. The smallest absolute Gasteiger partial charge is 0.252 e. The summed E-state index contributed by atoms with van der Waals surface area (Å²) in [6.07, 6.45) is 3.40. The highest BCUT2D eigenvalue weighted by Crippen LogP contribution is 2.27. The lowest BCUT2D eigenvalue weighted by atomic mass is 10.4. The van der Waals surface area contributed by atoms with Crippen molar-refractivity contribution in [2.24, 2.45) is 0 Å². The van der Waals surface area contributed by atoms with Gasteiger partial charge >= 0.3 is 0 Å². The van der Waals surface area contributed by atoms with Crippen molar-refractivity contribution in [3.05, 3.63) is 17.0 Å². The first kappa shape index (κ1) is 15.4. The molecular formula is C14H23N3O2S2. The van der Waals surface area contributed by atoms with Gasteiger partial charge in [0.1, 0.15) is 4.21 Å². The average molecular weight is 329 g/mol. The van der Waals surface area contributed by atoms with Crippen molar-refractivity contribution in [2.45, 2.75) is 36.1 Å². The van der Waals surface area contributed by atoms with Gasteiger partial charge in [0.2, 0.25) is 0 Å². The predicted octanol–water partition coefficient (Wildman–Crippen LogP) is 1.33. The number of likely N-dealkylation sites (N-methyl/N-ethyl adjacent to an activating group) is 1. The second-order valence-electron chi connectivity index (χ2n) is 5.94. The van der Waals surface area contributed by atoms with Crippen LogP contribution in [0.5, 0.6) is 0 Å². The normalized spacial score (nSPS) is 22.3. The van der Waals surface area contributed by atoms with E-state index >= 15 is 0 Å². The van der Waals surface area contributed by atoms with Crippen molar-refractivity contribution in [1.82, 2.24) is 14.5 Å². The van der Waals surface area contributed by atoms with Gasteiger partial charge in [-0.15, -0.1) is 11.3 Å². The minimum Gasteiger partial charge on any atom is -0.309 e. The van der Waals surface area contributed by atoms with Gasteiger partial charge in [-0.2, -0.15) is 4.31 Å². The maximum Gasteiger partial charge on any atom is 0.252 e. The Morgan fingerprint density at radius 2 is 2.05 bits per heavy atom. The van der Waals surface area contributed by atoms with Gasteiger partial charge in [-0.3, -0.25) is 0 Å². The summed E-state index contributed by atoms with van der Waals surface area (Å²) in [6, 6.07) is 4.35. The molecule has 21 heavy (non-hydrogen) atoms. The third-order valence-electron chi connectivity index (χ3n) is 4.05. The van der Waals surface area contributed by atoms with Crippen LogP contribution in [0.1, 0.15) is 24.1 Å². The molecule has 0 radical (unpaired) electrons. The predicted molar refractivity (Wildman–Crippen MR) is 85.1 cm³/mol. The van der Waals surface area contributed by atoms with E-state index in [9.17, 15) is 8.42 Å². The summed E-state index contributed by atoms with van der Waals surface area (Å²) >= 11 is 1.41. The lowest BCUT2D eigenvalue weighted by molar-refractivity contribution is 0.347. The standard InChI is InChI=1S/C14H23N3O2S2/c1-16-7-2-8-17(10-9-16)21(18,19)14-6-5-13(20-14)11-15-12-3-4-12/h5-6,12,15H,2-4,7-11H2,1H3. The molecule has 1 aromatic heterocycles. The molecule has 0 atom stereocenters. The quantitative estimate of drug-likeness (QED) is 0.885. The van der Waals surface area contributed by atoms with E-state index in [1.807, 2.05) is 13.1 Å². The van der Waals surface area contributed by atoms with Gasteiger partial charge in [0.25, 0.3) is 10.0 Å². The van der Waals surface area contributed by atoms with Crippen molar-refractivity contribution in [3.63, 3.8) is 0 Å². The number of thiophene rings is 1. The van der Waals surface area contributed by atoms with Crippen molar-refractivity contribution in [2.75, 3.05) is 33.2 Å². The molecule has 5 nitrogen and oxygen atoms in total. The van der Waals surface area contributed by atoms with Gasteiger partial charge in [-0.1, -0.05) is 0 Å². The number of rotatable bonds is 5. The van der Waals surface area contributed by atoms with Crippen molar-refractivity contribution in [3.8, 4) is 0 Å². The van der Waals surface area contributed by atoms with Gasteiger partial charge in [0.15, 0.2) is 0 Å². The van der Waals surface area contributed by atoms with Crippen LogP contribution in [0, 0.1) is 0 Å². The van der Waals surface area contributed by atoms with Gasteiger partial charge < -0.3 is 10.2 Å². The van der Waals surface area contributed by atoms with Gasteiger partial charge in [0.05, 0.1) is 0 Å². The molecule has 1 N–H and O–H groups in total. The van der Waals surface area contributed by atoms with Crippen LogP contribution in [-0.2, 0) is 16.6 Å². The zero-order chi connectivity index (χ0) is 14.9. The van der Waals surface area contributed by atoms with E-state index < -0.39 is 10.0 Å². The first-order valence-corrected chi connectivity index (χ1v) is 9.82. The van der Waals surface area contributed by atoms with Crippen molar-refractivity contribution < 1.29 is 8.42 Å². The molecular weight excluding hydrogens is 306 g/mol. The lowest BCUT2D eigenvalue weighted by Gasteiger charge is -2.19. The Labute approximate surface area is 131 Å². The Bertz CT molecular complexity index is 581. The Hall–Kier alpha value is -0.470. The fraction of sp³-hybridized carbons (Fsp3) is 0.714. The molecule has 1 aromatic rings. The van der Waals surface area contributed by atoms with Crippen molar-refractivity contribution in [1.29, 1.82) is 0 Å². The summed E-state index contributed by atoms with van der Waals surface area (Å²) in [6.45, 7) is 3.77. The molecule has 0 bridgehead atoms. The summed E-state index contributed by atoms with van der Waals surface area (Å²) in [7, 11) is -1.27. The van der Waals surface area contributed by atoms with E-state index in [0.717, 1.165) is 30.9 Å². The van der Waals surface area contributed by atoms with Crippen molar-refractivity contribution >= 4 is 21.4 Å². The molecule has 1 aliphatic carbocycles. The number of sulfonamides is 1. The highest BCUT2D eigenvalue weighted by atomic mass is 32.2. The van der Waals surface area contributed by atoms with Crippen LogP contribution in [0.3, 0.4) is 0 Å². The molecule has 0 unspecified atom stereocenters. The number of hydrogen-bond acceptors (Lipinski definition) is 5. The summed E-state index contributed by atoms with van der Waals surface area (Å²) in [5.41, 5.74) is 0. The summed E-state index contributed by atoms with van der Waals surface area (Å²) < 4.78 is 27.5. The van der Waals surface area contributed by atoms with Crippen LogP contribution in [0.15, 0.2) is 16.3 Å². The summed E-state index contributed by atoms with van der Waals surface area (Å²) in [4.78, 5) is 3.29. The lowest BCUT2D eigenvalue weighted by Crippen LogP contribution is -2.34. The molecule has 1 saturated carbocycles. The third kappa shape index (κ3) is 3.84. The molecule has 1 aliphatic heterocycles. The van der Waals surface area contributed by atoms with Gasteiger partial charge in [0, 0.05) is 37.1 Å². The number of nitrogens with zero attached hydrogens (tertiary/aromatic N) is 2. The molecule has 0 aromatic carbocycles. The molecule has 2 fully saturated rings. The van der Waals surface area contributed by atoms with E-state index in [1.54, 1.807) is 10.4 Å². The Kier molecular flexibility index (Phi) is 4.66. The molecule has 3 rings (SSSR count). The largest absolute Gasteiger partial charge is 0.309 e. The maximum atomic E-state index is 12.7. The molecule has 118 valence electrons. The van der Waals surface area contributed by atoms with Gasteiger partial charge in [-0.05, 0) is 45.0 Å². The minimum atomic E-state index is -3.31. The minimum absolute atomic E-state index is 0.486. The number of nitrogens with one attached hydrogen (secondary N) is 1. The molecule has 7 heteroatoms. The van der Waals surface area contributed by atoms with E-state index in [4.69, 9.17) is 0 Å². The second-order valence-corrected chi connectivity index (χ2v) is 9.27. The zero-order valence-corrected chi connectivity index (χ0v) is 14.0. The summed E-state index contributed by atoms with van der Waals surface area (Å²) in [5, 5.41) is 3.43. The molecule has 1 saturated heterocycles. The monoisotopic (exact) mass is 329 g/mol.